The van der Waals surface area contributed by atoms with Gasteiger partial charge in [0.05, 0.1) is 11.9 Å². The van der Waals surface area contributed by atoms with E-state index in [2.05, 4.69) is 27.1 Å². The van der Waals surface area contributed by atoms with E-state index in [1.807, 2.05) is 24.3 Å². The first-order valence-electron chi connectivity index (χ1n) is 9.31. The van der Waals surface area contributed by atoms with Crippen molar-refractivity contribution >= 4 is 17.5 Å². The van der Waals surface area contributed by atoms with Gasteiger partial charge in [0, 0.05) is 30.8 Å². The highest BCUT2D eigenvalue weighted by Crippen LogP contribution is 2.27. The molecular weight excluding hydrogens is 354 g/mol. The molecular formula is C21H21N5O2. The van der Waals surface area contributed by atoms with Crippen molar-refractivity contribution in [2.45, 2.75) is 25.3 Å². The van der Waals surface area contributed by atoms with Crippen LogP contribution in [0.3, 0.4) is 0 Å². The molecule has 7 nitrogen and oxygen atoms in total. The number of primary amides is 1. The minimum Gasteiger partial charge on any atom is -0.379 e. The third-order valence-corrected chi connectivity index (χ3v) is 4.90. The fourth-order valence-corrected chi connectivity index (χ4v) is 3.12. The highest BCUT2D eigenvalue weighted by molar-refractivity contribution is 5.96. The number of benzene rings is 1. The molecule has 2 heterocycles. The molecule has 1 aromatic carbocycles. The molecule has 1 aliphatic carbocycles. The molecule has 2 aliphatic rings. The maximum Gasteiger partial charge on any atom is 0.269 e. The molecule has 0 spiro atoms. The lowest BCUT2D eigenvalue weighted by Crippen LogP contribution is -2.21. The molecule has 1 unspecified atom stereocenters. The number of amides is 2. The van der Waals surface area contributed by atoms with Gasteiger partial charge in [-0.2, -0.15) is 0 Å². The summed E-state index contributed by atoms with van der Waals surface area (Å²) in [6, 6.07) is 7.80. The number of carbonyl (C=O) groups is 2. The molecule has 1 aromatic heterocycles. The zero-order valence-corrected chi connectivity index (χ0v) is 15.6. The summed E-state index contributed by atoms with van der Waals surface area (Å²) in [5.41, 5.74) is 7.76. The highest BCUT2D eigenvalue weighted by Gasteiger charge is 2.27. The molecule has 2 amide bonds. The van der Waals surface area contributed by atoms with Gasteiger partial charge in [0.25, 0.3) is 5.91 Å². The van der Waals surface area contributed by atoms with Gasteiger partial charge in [-0.05, 0) is 31.4 Å². The van der Waals surface area contributed by atoms with Crippen LogP contribution in [-0.2, 0) is 4.79 Å². The maximum absolute atomic E-state index is 12.0. The Hall–Kier alpha value is -3.40. The van der Waals surface area contributed by atoms with Gasteiger partial charge in [-0.1, -0.05) is 24.0 Å². The average Bonchev–Trinajstić information content (AvgIpc) is 3.46. The van der Waals surface area contributed by atoms with Crippen LogP contribution in [0.2, 0.25) is 0 Å². The monoisotopic (exact) mass is 375 g/mol. The number of nitrogens with two attached hydrogens (primary N) is 1. The minimum absolute atomic E-state index is 0.0665. The second kappa shape index (κ2) is 7.31. The van der Waals surface area contributed by atoms with Gasteiger partial charge >= 0.3 is 0 Å². The highest BCUT2D eigenvalue weighted by atomic mass is 16.2. The van der Waals surface area contributed by atoms with Crippen molar-refractivity contribution in [2.24, 2.45) is 11.7 Å². The van der Waals surface area contributed by atoms with E-state index >= 15 is 0 Å². The molecule has 0 radical (unpaired) electrons. The van der Waals surface area contributed by atoms with Crippen LogP contribution in [0.25, 0.3) is 11.4 Å². The first-order valence-corrected chi connectivity index (χ1v) is 9.31. The van der Waals surface area contributed by atoms with Crippen molar-refractivity contribution in [3.63, 3.8) is 0 Å². The largest absolute Gasteiger partial charge is 0.379 e. The summed E-state index contributed by atoms with van der Waals surface area (Å²) in [7, 11) is 1.79. The normalized spacial score (nSPS) is 18.5. The Morgan fingerprint density at radius 1 is 1.32 bits per heavy atom. The smallest absolute Gasteiger partial charge is 0.269 e. The number of hydrogen-bond acceptors (Lipinski definition) is 5. The number of anilines is 1. The third kappa shape index (κ3) is 3.81. The van der Waals surface area contributed by atoms with E-state index in [0.717, 1.165) is 36.9 Å². The molecule has 1 aliphatic heterocycles. The van der Waals surface area contributed by atoms with Crippen molar-refractivity contribution in [1.82, 2.24) is 14.9 Å². The molecule has 1 saturated heterocycles. The molecule has 1 saturated carbocycles. The lowest BCUT2D eigenvalue weighted by atomic mass is 10.1. The van der Waals surface area contributed by atoms with E-state index in [1.165, 1.54) is 0 Å². The number of nitrogens with one attached hydrogen (secondary N) is 1. The van der Waals surface area contributed by atoms with Gasteiger partial charge in [-0.3, -0.25) is 9.59 Å². The maximum atomic E-state index is 12.0. The number of carbonyl (C=O) groups excluding carboxylic acids is 2. The van der Waals surface area contributed by atoms with Gasteiger partial charge in [-0.25, -0.2) is 9.97 Å². The van der Waals surface area contributed by atoms with Gasteiger partial charge in [-0.15, -0.1) is 0 Å². The Kier molecular flexibility index (Phi) is 4.70. The molecule has 0 bridgehead atoms. The molecule has 7 heteroatoms. The molecule has 2 fully saturated rings. The van der Waals surface area contributed by atoms with Gasteiger partial charge in [0.2, 0.25) is 5.91 Å². The first kappa shape index (κ1) is 18.0. The van der Waals surface area contributed by atoms with Crippen LogP contribution in [0.4, 0.5) is 5.69 Å². The number of nitrogens with zero attached hydrogens (tertiary/aromatic N) is 3. The van der Waals surface area contributed by atoms with E-state index in [9.17, 15) is 9.59 Å². The summed E-state index contributed by atoms with van der Waals surface area (Å²) in [5, 5.41) is 3.23. The lowest BCUT2D eigenvalue weighted by Gasteiger charge is -2.09. The average molecular weight is 375 g/mol. The SMILES string of the molecule is CN1CCC(C#Cc2cccc(-c3ncc(NC4CC4)c(C(N)=O)n3)c2)C1=O. The standard InChI is InChI=1S/C21H21N5O2/c1-26-10-9-14(21(26)28)6-5-13-3-2-4-15(11-13)20-23-12-17(24-16-7-8-16)18(25-20)19(22)27/h2-4,11-12,14,16,24H,7-10H2,1H3,(H2,22,27). The van der Waals surface area contributed by atoms with Crippen molar-refractivity contribution < 1.29 is 9.59 Å². The van der Waals surface area contributed by atoms with Crippen LogP contribution in [0, 0.1) is 17.8 Å². The van der Waals surface area contributed by atoms with Crippen molar-refractivity contribution in [3.05, 3.63) is 41.7 Å². The number of hydrogen-bond donors (Lipinski definition) is 2. The van der Waals surface area contributed by atoms with Crippen molar-refractivity contribution in [1.29, 1.82) is 0 Å². The molecule has 2 aromatic rings. The second-order valence-corrected chi connectivity index (χ2v) is 7.19. The topological polar surface area (TPSA) is 101 Å². The first-order chi connectivity index (χ1) is 13.5. The summed E-state index contributed by atoms with van der Waals surface area (Å²) in [6.45, 7) is 0.739. The summed E-state index contributed by atoms with van der Waals surface area (Å²) in [5.74, 6) is 5.77. The van der Waals surface area contributed by atoms with Gasteiger partial charge in [0.1, 0.15) is 5.92 Å². The van der Waals surface area contributed by atoms with E-state index in [0.29, 0.717) is 17.6 Å². The Morgan fingerprint density at radius 2 is 2.14 bits per heavy atom. The third-order valence-electron chi connectivity index (χ3n) is 4.90. The van der Waals surface area contributed by atoms with Gasteiger partial charge < -0.3 is 16.0 Å². The second-order valence-electron chi connectivity index (χ2n) is 7.19. The summed E-state index contributed by atoms with van der Waals surface area (Å²) >= 11 is 0. The predicted molar refractivity (Wildman–Crippen MR) is 105 cm³/mol. The molecule has 142 valence electrons. The Bertz CT molecular complexity index is 1000. The molecule has 3 N–H and O–H groups in total. The fourth-order valence-electron chi connectivity index (χ4n) is 3.12. The Labute approximate surface area is 163 Å². The Balaban J connectivity index is 1.60. The van der Waals surface area contributed by atoms with Crippen molar-refractivity contribution in [3.8, 4) is 23.2 Å². The zero-order chi connectivity index (χ0) is 19.7. The van der Waals surface area contributed by atoms with Crippen LogP contribution in [0.5, 0.6) is 0 Å². The van der Waals surface area contributed by atoms with Crippen molar-refractivity contribution in [2.75, 3.05) is 18.9 Å². The molecule has 1 atom stereocenters. The van der Waals surface area contributed by atoms with E-state index in [4.69, 9.17) is 5.73 Å². The summed E-state index contributed by atoms with van der Waals surface area (Å²) < 4.78 is 0. The number of likely N-dealkylation sites (tertiary alicyclic amines) is 1. The predicted octanol–water partition coefficient (Wildman–Crippen LogP) is 1.65. The number of aromatic nitrogens is 2. The van der Waals surface area contributed by atoms with E-state index < -0.39 is 5.91 Å². The van der Waals surface area contributed by atoms with Crippen LogP contribution >= 0.6 is 0 Å². The van der Waals surface area contributed by atoms with Gasteiger partial charge in [0.15, 0.2) is 11.5 Å². The fraction of sp³-hybridized carbons (Fsp3) is 0.333. The molecule has 28 heavy (non-hydrogen) atoms. The van der Waals surface area contributed by atoms with Crippen LogP contribution in [0.15, 0.2) is 30.5 Å². The Morgan fingerprint density at radius 3 is 2.82 bits per heavy atom. The minimum atomic E-state index is -0.591. The lowest BCUT2D eigenvalue weighted by molar-refractivity contribution is -0.128. The summed E-state index contributed by atoms with van der Waals surface area (Å²) in [6.07, 6.45) is 4.49. The van der Waals surface area contributed by atoms with Crippen LogP contribution < -0.4 is 11.1 Å². The summed E-state index contributed by atoms with van der Waals surface area (Å²) in [4.78, 5) is 34.2. The van der Waals surface area contributed by atoms with E-state index in [-0.39, 0.29) is 17.5 Å². The number of rotatable bonds is 4. The van der Waals surface area contributed by atoms with E-state index in [1.54, 1.807) is 18.1 Å². The van der Waals surface area contributed by atoms with Crippen LogP contribution in [0.1, 0.15) is 35.3 Å². The molecule has 4 rings (SSSR count). The van der Waals surface area contributed by atoms with Crippen LogP contribution in [-0.4, -0.2) is 46.3 Å². The quantitative estimate of drug-likeness (QED) is 0.791. The zero-order valence-electron chi connectivity index (χ0n) is 15.6.